The van der Waals surface area contributed by atoms with Crippen LogP contribution in [0.3, 0.4) is 0 Å². The summed E-state index contributed by atoms with van der Waals surface area (Å²) in [6.07, 6.45) is 4.85. The lowest BCUT2D eigenvalue weighted by Crippen LogP contribution is -2.43. The van der Waals surface area contributed by atoms with E-state index in [4.69, 9.17) is 4.74 Å². The first-order valence-corrected chi connectivity index (χ1v) is 9.11. The van der Waals surface area contributed by atoms with Crippen LogP contribution in [0, 0.1) is 0 Å². The summed E-state index contributed by atoms with van der Waals surface area (Å²) in [6, 6.07) is 4.47. The van der Waals surface area contributed by atoms with E-state index in [2.05, 4.69) is 33.0 Å². The molecule has 5 nitrogen and oxygen atoms in total. The van der Waals surface area contributed by atoms with Crippen LogP contribution in [0.4, 0.5) is 4.79 Å². The second-order valence-electron chi connectivity index (χ2n) is 6.00. The molecule has 0 unspecified atom stereocenters. The molecule has 0 bridgehead atoms. The zero-order valence-electron chi connectivity index (χ0n) is 12.9. The molecule has 2 N–H and O–H groups in total. The zero-order chi connectivity index (χ0) is 15.2. The van der Waals surface area contributed by atoms with E-state index in [-0.39, 0.29) is 12.1 Å². The maximum Gasteiger partial charge on any atom is 0.314 e. The first-order valence-electron chi connectivity index (χ1n) is 8.23. The predicted octanol–water partition coefficient (Wildman–Crippen LogP) is 2.36. The highest BCUT2D eigenvalue weighted by atomic mass is 32.1. The minimum atomic E-state index is -0.0868. The SMILES string of the molecule is O=C(NC[C@H]1CCCO1)NC[C@@H](c1cccs1)N1CCCC1. The van der Waals surface area contributed by atoms with Gasteiger partial charge < -0.3 is 15.4 Å². The average Bonchev–Trinajstić information content (AvgIpc) is 3.27. The van der Waals surface area contributed by atoms with E-state index < -0.39 is 0 Å². The summed E-state index contributed by atoms with van der Waals surface area (Å²) in [5.41, 5.74) is 0. The number of amides is 2. The molecule has 2 fully saturated rings. The minimum absolute atomic E-state index is 0.0868. The Kier molecular flexibility index (Phi) is 5.70. The molecule has 22 heavy (non-hydrogen) atoms. The lowest BCUT2D eigenvalue weighted by molar-refractivity contribution is 0.111. The Balaban J connectivity index is 1.47. The maximum atomic E-state index is 12.0. The number of hydrogen-bond acceptors (Lipinski definition) is 4. The van der Waals surface area contributed by atoms with Crippen molar-refractivity contribution < 1.29 is 9.53 Å². The van der Waals surface area contributed by atoms with Gasteiger partial charge in [-0.3, -0.25) is 4.90 Å². The van der Waals surface area contributed by atoms with Gasteiger partial charge in [0.05, 0.1) is 12.1 Å². The number of nitrogens with zero attached hydrogens (tertiary/aromatic N) is 1. The number of ether oxygens (including phenoxy) is 1. The Morgan fingerprint density at radius 2 is 2.23 bits per heavy atom. The molecular formula is C16H25N3O2S. The van der Waals surface area contributed by atoms with Crippen LogP contribution in [0.15, 0.2) is 17.5 Å². The van der Waals surface area contributed by atoms with Gasteiger partial charge in [-0.2, -0.15) is 0 Å². The van der Waals surface area contributed by atoms with Crippen molar-refractivity contribution >= 4 is 17.4 Å². The third kappa shape index (κ3) is 4.21. The van der Waals surface area contributed by atoms with Crippen LogP contribution in [0.25, 0.3) is 0 Å². The van der Waals surface area contributed by atoms with Crippen LogP contribution >= 0.6 is 11.3 Å². The van der Waals surface area contributed by atoms with Crippen LogP contribution in [-0.2, 0) is 4.74 Å². The smallest absolute Gasteiger partial charge is 0.314 e. The summed E-state index contributed by atoms with van der Waals surface area (Å²) in [5.74, 6) is 0. The van der Waals surface area contributed by atoms with Crippen LogP contribution in [0.5, 0.6) is 0 Å². The zero-order valence-corrected chi connectivity index (χ0v) is 13.7. The van der Waals surface area contributed by atoms with Crippen molar-refractivity contribution in [3.8, 4) is 0 Å². The summed E-state index contributed by atoms with van der Waals surface area (Å²) in [6.45, 7) is 4.35. The second-order valence-corrected chi connectivity index (χ2v) is 6.98. The molecule has 3 heterocycles. The monoisotopic (exact) mass is 323 g/mol. The maximum absolute atomic E-state index is 12.0. The number of rotatable bonds is 6. The van der Waals surface area contributed by atoms with Gasteiger partial charge in [0.2, 0.25) is 0 Å². The molecule has 1 aromatic heterocycles. The second kappa shape index (κ2) is 7.94. The average molecular weight is 323 g/mol. The number of hydrogen-bond donors (Lipinski definition) is 2. The molecule has 122 valence electrons. The Labute approximate surface area is 136 Å². The van der Waals surface area contributed by atoms with Gasteiger partial charge >= 0.3 is 6.03 Å². The highest BCUT2D eigenvalue weighted by molar-refractivity contribution is 7.10. The van der Waals surface area contributed by atoms with Crippen LogP contribution < -0.4 is 10.6 Å². The molecule has 0 aliphatic carbocycles. The van der Waals surface area contributed by atoms with Gasteiger partial charge in [-0.15, -0.1) is 11.3 Å². The molecule has 2 aliphatic rings. The van der Waals surface area contributed by atoms with E-state index in [1.54, 1.807) is 11.3 Å². The largest absolute Gasteiger partial charge is 0.376 e. The fourth-order valence-electron chi connectivity index (χ4n) is 3.21. The fraction of sp³-hybridized carbons (Fsp3) is 0.688. The number of carbonyl (C=O) groups is 1. The van der Waals surface area contributed by atoms with E-state index in [9.17, 15) is 4.79 Å². The van der Waals surface area contributed by atoms with Crippen molar-refractivity contribution in [3.05, 3.63) is 22.4 Å². The molecule has 2 atom stereocenters. The lowest BCUT2D eigenvalue weighted by Gasteiger charge is -2.27. The molecule has 6 heteroatoms. The third-order valence-electron chi connectivity index (χ3n) is 4.42. The van der Waals surface area contributed by atoms with Crippen LogP contribution in [0.1, 0.15) is 36.6 Å². The van der Waals surface area contributed by atoms with E-state index >= 15 is 0 Å². The molecule has 0 radical (unpaired) electrons. The van der Waals surface area contributed by atoms with E-state index in [0.29, 0.717) is 19.1 Å². The summed E-state index contributed by atoms with van der Waals surface area (Å²) in [7, 11) is 0. The fourth-order valence-corrected chi connectivity index (χ4v) is 4.07. The van der Waals surface area contributed by atoms with Crippen molar-refractivity contribution in [2.45, 2.75) is 37.8 Å². The molecule has 0 spiro atoms. The highest BCUT2D eigenvalue weighted by Gasteiger charge is 2.24. The topological polar surface area (TPSA) is 53.6 Å². The number of thiophene rings is 1. The Bertz CT molecular complexity index is 454. The Hall–Kier alpha value is -1.11. The molecule has 1 aromatic rings. The van der Waals surface area contributed by atoms with Gasteiger partial charge in [0.1, 0.15) is 0 Å². The van der Waals surface area contributed by atoms with E-state index in [1.165, 1.54) is 17.7 Å². The first kappa shape index (κ1) is 15.8. The van der Waals surface area contributed by atoms with Gasteiger partial charge in [-0.25, -0.2) is 4.79 Å². The number of likely N-dealkylation sites (tertiary alicyclic amines) is 1. The lowest BCUT2D eigenvalue weighted by atomic mass is 10.2. The van der Waals surface area contributed by atoms with E-state index in [0.717, 1.165) is 32.5 Å². The molecule has 0 saturated carbocycles. The van der Waals surface area contributed by atoms with Crippen molar-refractivity contribution in [2.24, 2.45) is 0 Å². The third-order valence-corrected chi connectivity index (χ3v) is 5.40. The Morgan fingerprint density at radius 3 is 2.91 bits per heavy atom. The highest BCUT2D eigenvalue weighted by Crippen LogP contribution is 2.27. The molecular weight excluding hydrogens is 298 g/mol. The van der Waals surface area contributed by atoms with Crippen molar-refractivity contribution in [1.29, 1.82) is 0 Å². The molecule has 0 aromatic carbocycles. The van der Waals surface area contributed by atoms with Crippen molar-refractivity contribution in [3.63, 3.8) is 0 Å². The van der Waals surface area contributed by atoms with Gasteiger partial charge in [-0.05, 0) is 50.2 Å². The van der Waals surface area contributed by atoms with Crippen LogP contribution in [-0.4, -0.2) is 49.8 Å². The van der Waals surface area contributed by atoms with Gasteiger partial charge in [0, 0.05) is 24.6 Å². The predicted molar refractivity (Wildman–Crippen MR) is 88.2 cm³/mol. The molecule has 2 saturated heterocycles. The summed E-state index contributed by atoms with van der Waals surface area (Å²) >= 11 is 1.77. The van der Waals surface area contributed by atoms with Crippen molar-refractivity contribution in [1.82, 2.24) is 15.5 Å². The molecule has 2 aliphatic heterocycles. The Morgan fingerprint density at radius 1 is 1.36 bits per heavy atom. The normalized spacial score (nSPS) is 23.5. The number of carbonyl (C=O) groups excluding carboxylic acids is 1. The summed E-state index contributed by atoms with van der Waals surface area (Å²) in [5, 5.41) is 8.06. The number of nitrogens with one attached hydrogen (secondary N) is 2. The van der Waals surface area contributed by atoms with Gasteiger partial charge in [-0.1, -0.05) is 6.07 Å². The molecule has 3 rings (SSSR count). The quantitative estimate of drug-likeness (QED) is 0.845. The standard InChI is InChI=1S/C16H25N3O2S/c20-16(17-11-13-5-3-9-21-13)18-12-14(15-6-4-10-22-15)19-7-1-2-8-19/h4,6,10,13-14H,1-3,5,7-9,11-12H2,(H2,17,18,20)/t13-,14+/m1/s1. The summed E-state index contributed by atoms with van der Waals surface area (Å²) < 4.78 is 5.52. The summed E-state index contributed by atoms with van der Waals surface area (Å²) in [4.78, 5) is 15.8. The molecule has 2 amide bonds. The van der Waals surface area contributed by atoms with Crippen molar-refractivity contribution in [2.75, 3.05) is 32.8 Å². The minimum Gasteiger partial charge on any atom is -0.376 e. The van der Waals surface area contributed by atoms with E-state index in [1.807, 2.05) is 0 Å². The van der Waals surface area contributed by atoms with Gasteiger partial charge in [0.15, 0.2) is 0 Å². The van der Waals surface area contributed by atoms with Gasteiger partial charge in [0.25, 0.3) is 0 Å². The first-order chi connectivity index (χ1) is 10.8. The number of urea groups is 1. The van der Waals surface area contributed by atoms with Crippen LogP contribution in [0.2, 0.25) is 0 Å².